The van der Waals surface area contributed by atoms with Gasteiger partial charge in [-0.05, 0) is 46.1 Å². The molecule has 3 heteroatoms. The van der Waals surface area contributed by atoms with Gasteiger partial charge in [-0.1, -0.05) is 30.3 Å². The first kappa shape index (κ1) is 13.1. The molecule has 2 nitrogen and oxygen atoms in total. The molecular formula is C15H15BrO2. The molecule has 0 saturated carbocycles. The highest BCUT2D eigenvalue weighted by Gasteiger charge is 2.17. The zero-order valence-corrected chi connectivity index (χ0v) is 11.9. The lowest BCUT2D eigenvalue weighted by molar-refractivity contribution is 0.214. The van der Waals surface area contributed by atoms with Crippen LogP contribution in [0.15, 0.2) is 46.9 Å². The molecule has 1 N–H and O–H groups in total. The third kappa shape index (κ3) is 2.57. The number of ether oxygens (including phenoxy) is 1. The number of halogens is 1. The van der Waals surface area contributed by atoms with Crippen molar-refractivity contribution < 1.29 is 9.84 Å². The molecule has 0 fully saturated rings. The highest BCUT2D eigenvalue weighted by molar-refractivity contribution is 9.10. The second kappa shape index (κ2) is 5.55. The topological polar surface area (TPSA) is 29.5 Å². The molecule has 0 bridgehead atoms. The van der Waals surface area contributed by atoms with Gasteiger partial charge in [-0.25, -0.2) is 0 Å². The zero-order chi connectivity index (χ0) is 13.1. The number of rotatable bonds is 3. The van der Waals surface area contributed by atoms with E-state index in [1.54, 1.807) is 7.11 Å². The van der Waals surface area contributed by atoms with E-state index in [0.717, 1.165) is 21.2 Å². The first-order valence-electron chi connectivity index (χ1n) is 5.70. The summed E-state index contributed by atoms with van der Waals surface area (Å²) in [6, 6.07) is 13.5. The molecule has 0 saturated heterocycles. The maximum atomic E-state index is 10.5. The van der Waals surface area contributed by atoms with E-state index in [2.05, 4.69) is 15.9 Å². The van der Waals surface area contributed by atoms with Gasteiger partial charge in [0.2, 0.25) is 0 Å². The molecule has 1 atom stereocenters. The highest BCUT2D eigenvalue weighted by Crippen LogP contribution is 2.36. The van der Waals surface area contributed by atoms with E-state index in [1.807, 2.05) is 49.4 Å². The lowest BCUT2D eigenvalue weighted by Crippen LogP contribution is -2.03. The van der Waals surface area contributed by atoms with Crippen molar-refractivity contribution in [2.24, 2.45) is 0 Å². The maximum absolute atomic E-state index is 10.5. The number of methoxy groups -OCH3 is 1. The zero-order valence-electron chi connectivity index (χ0n) is 10.4. The van der Waals surface area contributed by atoms with Gasteiger partial charge < -0.3 is 9.84 Å². The summed E-state index contributed by atoms with van der Waals surface area (Å²) < 4.78 is 6.22. The molecule has 0 aromatic heterocycles. The Bertz CT molecular complexity index is 538. The first-order chi connectivity index (χ1) is 8.63. The Hall–Kier alpha value is -1.32. The van der Waals surface area contributed by atoms with Crippen LogP contribution in [0.3, 0.4) is 0 Å². The van der Waals surface area contributed by atoms with Gasteiger partial charge >= 0.3 is 0 Å². The number of aliphatic hydroxyl groups excluding tert-OH is 1. The Balaban J connectivity index is 2.50. The van der Waals surface area contributed by atoms with Gasteiger partial charge in [-0.3, -0.25) is 0 Å². The first-order valence-corrected chi connectivity index (χ1v) is 6.50. The summed E-state index contributed by atoms with van der Waals surface area (Å²) in [6.07, 6.45) is -0.683. The minimum Gasteiger partial charge on any atom is -0.495 e. The fraction of sp³-hybridized carbons (Fsp3) is 0.200. The van der Waals surface area contributed by atoms with Crippen molar-refractivity contribution in [3.8, 4) is 5.75 Å². The predicted molar refractivity (Wildman–Crippen MR) is 75.9 cm³/mol. The van der Waals surface area contributed by atoms with E-state index >= 15 is 0 Å². The van der Waals surface area contributed by atoms with Crippen LogP contribution < -0.4 is 4.74 Å². The molecule has 1 unspecified atom stereocenters. The summed E-state index contributed by atoms with van der Waals surface area (Å²) >= 11 is 3.46. The largest absolute Gasteiger partial charge is 0.495 e. The number of aliphatic hydroxyl groups is 1. The van der Waals surface area contributed by atoms with Gasteiger partial charge in [-0.15, -0.1) is 0 Å². The number of hydrogen-bond donors (Lipinski definition) is 1. The Labute approximate surface area is 115 Å². The molecular weight excluding hydrogens is 292 g/mol. The molecule has 2 aromatic rings. The molecule has 0 aliphatic rings. The van der Waals surface area contributed by atoms with Gasteiger partial charge in [0.1, 0.15) is 11.9 Å². The molecule has 0 spiro atoms. The van der Waals surface area contributed by atoms with Crippen molar-refractivity contribution in [3.63, 3.8) is 0 Å². The van der Waals surface area contributed by atoms with Crippen LogP contribution in [0.1, 0.15) is 22.8 Å². The predicted octanol–water partition coefficient (Wildman–Crippen LogP) is 3.85. The average Bonchev–Trinajstić information content (AvgIpc) is 2.38. The second-order valence-electron chi connectivity index (χ2n) is 4.18. The smallest absolute Gasteiger partial charge is 0.139 e. The van der Waals surface area contributed by atoms with Crippen molar-refractivity contribution >= 4 is 15.9 Å². The Morgan fingerprint density at radius 2 is 1.83 bits per heavy atom. The monoisotopic (exact) mass is 306 g/mol. The van der Waals surface area contributed by atoms with Crippen LogP contribution in [-0.4, -0.2) is 12.2 Å². The van der Waals surface area contributed by atoms with Crippen LogP contribution in [0.5, 0.6) is 5.75 Å². The van der Waals surface area contributed by atoms with E-state index in [4.69, 9.17) is 4.74 Å². The minimum atomic E-state index is -0.683. The number of hydrogen-bond acceptors (Lipinski definition) is 2. The standard InChI is InChI=1S/C15H15BrO2/c1-10-8-12(15(18-2)13(16)9-10)14(17)11-6-4-3-5-7-11/h3-9,14,17H,1-2H3. The number of aryl methyl sites for hydroxylation is 1. The van der Waals surface area contributed by atoms with Crippen LogP contribution in [0.2, 0.25) is 0 Å². The second-order valence-corrected chi connectivity index (χ2v) is 5.04. The van der Waals surface area contributed by atoms with Crippen LogP contribution >= 0.6 is 15.9 Å². The fourth-order valence-electron chi connectivity index (χ4n) is 1.99. The van der Waals surface area contributed by atoms with Crippen molar-refractivity contribution in [2.75, 3.05) is 7.11 Å². The Kier molecular flexibility index (Phi) is 4.04. The van der Waals surface area contributed by atoms with Crippen molar-refractivity contribution in [1.29, 1.82) is 0 Å². The highest BCUT2D eigenvalue weighted by atomic mass is 79.9. The van der Waals surface area contributed by atoms with E-state index in [0.29, 0.717) is 5.75 Å². The summed E-state index contributed by atoms with van der Waals surface area (Å²) in [6.45, 7) is 1.99. The normalized spacial score (nSPS) is 12.2. The summed E-state index contributed by atoms with van der Waals surface area (Å²) in [7, 11) is 1.61. The van der Waals surface area contributed by atoms with Gasteiger partial charge in [0.05, 0.1) is 11.6 Å². The molecule has 2 aromatic carbocycles. The molecule has 94 valence electrons. The molecule has 18 heavy (non-hydrogen) atoms. The Morgan fingerprint density at radius 3 is 2.44 bits per heavy atom. The van der Waals surface area contributed by atoms with Gasteiger partial charge in [0.15, 0.2) is 0 Å². The van der Waals surface area contributed by atoms with Crippen LogP contribution in [-0.2, 0) is 0 Å². The third-order valence-corrected chi connectivity index (χ3v) is 3.42. The van der Waals surface area contributed by atoms with Crippen LogP contribution in [0, 0.1) is 6.92 Å². The van der Waals surface area contributed by atoms with Crippen molar-refractivity contribution in [2.45, 2.75) is 13.0 Å². The Morgan fingerprint density at radius 1 is 1.17 bits per heavy atom. The molecule has 0 aliphatic carbocycles. The molecule has 2 rings (SSSR count). The van der Waals surface area contributed by atoms with E-state index in [9.17, 15) is 5.11 Å². The lowest BCUT2D eigenvalue weighted by atomic mass is 9.99. The minimum absolute atomic E-state index is 0.678. The maximum Gasteiger partial charge on any atom is 0.139 e. The summed E-state index contributed by atoms with van der Waals surface area (Å²) in [4.78, 5) is 0. The molecule has 0 amide bonds. The molecule has 0 heterocycles. The lowest BCUT2D eigenvalue weighted by Gasteiger charge is -2.17. The van der Waals surface area contributed by atoms with Gasteiger partial charge in [-0.2, -0.15) is 0 Å². The summed E-state index contributed by atoms with van der Waals surface area (Å²) in [5, 5.41) is 10.5. The summed E-state index contributed by atoms with van der Waals surface area (Å²) in [5.41, 5.74) is 2.71. The fourth-order valence-corrected chi connectivity index (χ4v) is 2.74. The van der Waals surface area contributed by atoms with Gasteiger partial charge in [0.25, 0.3) is 0 Å². The van der Waals surface area contributed by atoms with Crippen LogP contribution in [0.25, 0.3) is 0 Å². The van der Waals surface area contributed by atoms with Crippen LogP contribution in [0.4, 0.5) is 0 Å². The van der Waals surface area contributed by atoms with Gasteiger partial charge in [0, 0.05) is 5.56 Å². The van der Waals surface area contributed by atoms with E-state index in [1.165, 1.54) is 0 Å². The third-order valence-electron chi connectivity index (χ3n) is 2.83. The number of benzene rings is 2. The van der Waals surface area contributed by atoms with E-state index < -0.39 is 6.10 Å². The molecule has 0 aliphatic heterocycles. The van der Waals surface area contributed by atoms with E-state index in [-0.39, 0.29) is 0 Å². The SMILES string of the molecule is COc1c(Br)cc(C)cc1C(O)c1ccccc1. The molecule has 0 radical (unpaired) electrons. The quantitative estimate of drug-likeness (QED) is 0.933. The van der Waals surface area contributed by atoms with Crippen molar-refractivity contribution in [3.05, 3.63) is 63.6 Å². The average molecular weight is 307 g/mol. The van der Waals surface area contributed by atoms with Crippen molar-refractivity contribution in [1.82, 2.24) is 0 Å². The summed E-state index contributed by atoms with van der Waals surface area (Å²) in [5.74, 6) is 0.678.